The molecule has 18 heavy (non-hydrogen) atoms. The highest BCUT2D eigenvalue weighted by Gasteiger charge is 2.05. The first-order chi connectivity index (χ1) is 8.83. The Hall–Kier alpha value is -1.56. The highest BCUT2D eigenvalue weighted by molar-refractivity contribution is 5.68. The summed E-state index contributed by atoms with van der Waals surface area (Å²) in [4.78, 5) is 0. The molecule has 0 unspecified atom stereocenters. The zero-order valence-electron chi connectivity index (χ0n) is 11.4. The van der Waals surface area contributed by atoms with Gasteiger partial charge < -0.3 is 0 Å². The lowest BCUT2D eigenvalue weighted by Crippen LogP contribution is -1.93. The molecule has 0 radical (unpaired) electrons. The Morgan fingerprint density at radius 3 is 2.33 bits per heavy atom. The van der Waals surface area contributed by atoms with Crippen molar-refractivity contribution in [1.29, 1.82) is 0 Å². The van der Waals surface area contributed by atoms with Gasteiger partial charge in [0.15, 0.2) is 0 Å². The molecule has 0 spiro atoms. The normalized spacial score (nSPS) is 10.6. The maximum absolute atomic E-state index is 2.28. The maximum Gasteiger partial charge on any atom is -0.0152 e. The summed E-state index contributed by atoms with van der Waals surface area (Å²) >= 11 is 0. The van der Waals surface area contributed by atoms with Crippen LogP contribution in [0.4, 0.5) is 0 Å². The molecule has 2 aromatic rings. The summed E-state index contributed by atoms with van der Waals surface area (Å²) in [5.41, 5.74) is 5.65. The zero-order chi connectivity index (χ0) is 12.8. The van der Waals surface area contributed by atoms with Crippen LogP contribution in [0.5, 0.6) is 0 Å². The van der Waals surface area contributed by atoms with E-state index in [4.69, 9.17) is 0 Å². The number of hydrogen-bond acceptors (Lipinski definition) is 0. The highest BCUT2D eigenvalue weighted by atomic mass is 14.1. The summed E-state index contributed by atoms with van der Waals surface area (Å²) in [6.45, 7) is 4.51. The van der Waals surface area contributed by atoms with E-state index in [0.717, 1.165) is 0 Å². The first-order valence-corrected chi connectivity index (χ1v) is 6.97. The molecule has 0 aliphatic heterocycles. The van der Waals surface area contributed by atoms with E-state index in [-0.39, 0.29) is 0 Å². The first kappa shape index (κ1) is 12.9. The van der Waals surface area contributed by atoms with E-state index >= 15 is 0 Å². The van der Waals surface area contributed by atoms with Gasteiger partial charge in [-0.15, -0.1) is 0 Å². The van der Waals surface area contributed by atoms with Crippen molar-refractivity contribution in [3.63, 3.8) is 0 Å². The number of unbranched alkanes of at least 4 members (excludes halogenated alkanes) is 2. The minimum Gasteiger partial charge on any atom is -0.0654 e. The van der Waals surface area contributed by atoms with Crippen LogP contribution in [0, 0.1) is 6.92 Å². The van der Waals surface area contributed by atoms with Crippen LogP contribution in [-0.4, -0.2) is 0 Å². The van der Waals surface area contributed by atoms with Crippen molar-refractivity contribution >= 4 is 0 Å². The molecule has 0 heterocycles. The fraction of sp³-hybridized carbons (Fsp3) is 0.333. The van der Waals surface area contributed by atoms with Crippen LogP contribution in [0.15, 0.2) is 48.5 Å². The summed E-state index contributed by atoms with van der Waals surface area (Å²) in [5.74, 6) is 0. The van der Waals surface area contributed by atoms with E-state index in [1.54, 1.807) is 0 Å². The van der Waals surface area contributed by atoms with Crippen molar-refractivity contribution in [3.8, 4) is 11.1 Å². The Bertz CT molecular complexity index is 483. The maximum atomic E-state index is 2.28. The van der Waals surface area contributed by atoms with Crippen molar-refractivity contribution < 1.29 is 0 Å². The number of aryl methyl sites for hydroxylation is 1. The van der Waals surface area contributed by atoms with Crippen LogP contribution < -0.4 is 0 Å². The fourth-order valence-corrected chi connectivity index (χ4v) is 2.45. The molecule has 0 N–H and O–H groups in total. The average molecular weight is 238 g/mol. The Labute approximate surface area is 111 Å². The first-order valence-electron chi connectivity index (χ1n) is 6.97. The second-order valence-corrected chi connectivity index (χ2v) is 4.91. The standard InChI is InChI=1S/C18H22/c1-3-4-6-10-16-13-9-14-18(15(16)2)17-11-7-5-8-12-17/h5,7-9,11-14H,3-4,6,10H2,1-2H3. The summed E-state index contributed by atoms with van der Waals surface area (Å²) in [7, 11) is 0. The Morgan fingerprint density at radius 2 is 1.61 bits per heavy atom. The molecule has 0 saturated heterocycles. The summed E-state index contributed by atoms with van der Waals surface area (Å²) in [6.07, 6.45) is 5.13. The number of benzene rings is 2. The average Bonchev–Trinajstić information content (AvgIpc) is 2.42. The predicted octanol–water partition coefficient (Wildman–Crippen LogP) is 5.39. The van der Waals surface area contributed by atoms with E-state index in [1.165, 1.54) is 47.9 Å². The van der Waals surface area contributed by atoms with Gasteiger partial charge in [-0.2, -0.15) is 0 Å². The number of hydrogen-bond donors (Lipinski definition) is 0. The van der Waals surface area contributed by atoms with Crippen molar-refractivity contribution in [2.45, 2.75) is 39.5 Å². The molecular weight excluding hydrogens is 216 g/mol. The zero-order valence-corrected chi connectivity index (χ0v) is 11.4. The quantitative estimate of drug-likeness (QED) is 0.612. The van der Waals surface area contributed by atoms with Gasteiger partial charge in [-0.05, 0) is 42.0 Å². The molecule has 0 heteroatoms. The molecule has 0 atom stereocenters. The molecule has 2 aromatic carbocycles. The van der Waals surface area contributed by atoms with Gasteiger partial charge in [0, 0.05) is 0 Å². The Morgan fingerprint density at radius 1 is 0.833 bits per heavy atom. The van der Waals surface area contributed by atoms with Crippen LogP contribution >= 0.6 is 0 Å². The van der Waals surface area contributed by atoms with Gasteiger partial charge in [0.25, 0.3) is 0 Å². The van der Waals surface area contributed by atoms with Crippen LogP contribution in [-0.2, 0) is 6.42 Å². The van der Waals surface area contributed by atoms with E-state index in [2.05, 4.69) is 62.4 Å². The van der Waals surface area contributed by atoms with E-state index in [0.29, 0.717) is 0 Å². The topological polar surface area (TPSA) is 0 Å². The van der Waals surface area contributed by atoms with E-state index < -0.39 is 0 Å². The van der Waals surface area contributed by atoms with Crippen molar-refractivity contribution in [3.05, 3.63) is 59.7 Å². The SMILES string of the molecule is CCCCCc1cccc(-c2ccccc2)c1C. The van der Waals surface area contributed by atoms with E-state index in [9.17, 15) is 0 Å². The van der Waals surface area contributed by atoms with Gasteiger partial charge >= 0.3 is 0 Å². The van der Waals surface area contributed by atoms with Gasteiger partial charge in [-0.3, -0.25) is 0 Å². The van der Waals surface area contributed by atoms with E-state index in [1.807, 2.05) is 0 Å². The summed E-state index contributed by atoms with van der Waals surface area (Å²) in [5, 5.41) is 0. The molecule has 0 fully saturated rings. The highest BCUT2D eigenvalue weighted by Crippen LogP contribution is 2.26. The number of rotatable bonds is 5. The van der Waals surface area contributed by atoms with Crippen molar-refractivity contribution in [2.75, 3.05) is 0 Å². The second kappa shape index (κ2) is 6.39. The summed E-state index contributed by atoms with van der Waals surface area (Å²) < 4.78 is 0. The molecule has 0 aliphatic rings. The minimum absolute atomic E-state index is 1.21. The smallest absolute Gasteiger partial charge is 0.0152 e. The lowest BCUT2D eigenvalue weighted by Gasteiger charge is -2.11. The Balaban J connectivity index is 2.25. The molecule has 0 amide bonds. The molecule has 0 aromatic heterocycles. The van der Waals surface area contributed by atoms with Gasteiger partial charge in [0.1, 0.15) is 0 Å². The van der Waals surface area contributed by atoms with Gasteiger partial charge in [0.05, 0.1) is 0 Å². The molecule has 0 saturated carbocycles. The van der Waals surface area contributed by atoms with Crippen molar-refractivity contribution in [2.24, 2.45) is 0 Å². The molecule has 0 aliphatic carbocycles. The fourth-order valence-electron chi connectivity index (χ4n) is 2.45. The summed E-state index contributed by atoms with van der Waals surface area (Å²) in [6, 6.07) is 17.4. The monoisotopic (exact) mass is 238 g/mol. The predicted molar refractivity (Wildman–Crippen MR) is 79.8 cm³/mol. The van der Waals surface area contributed by atoms with Crippen LogP contribution in [0.1, 0.15) is 37.3 Å². The third-order valence-corrected chi connectivity index (χ3v) is 3.58. The Kier molecular flexibility index (Phi) is 4.58. The third-order valence-electron chi connectivity index (χ3n) is 3.58. The van der Waals surface area contributed by atoms with Crippen molar-refractivity contribution in [1.82, 2.24) is 0 Å². The van der Waals surface area contributed by atoms with Crippen LogP contribution in [0.2, 0.25) is 0 Å². The molecule has 94 valence electrons. The molecular formula is C18H22. The lowest BCUT2D eigenvalue weighted by molar-refractivity contribution is 0.715. The largest absolute Gasteiger partial charge is 0.0654 e. The van der Waals surface area contributed by atoms with Gasteiger partial charge in [-0.1, -0.05) is 68.3 Å². The minimum atomic E-state index is 1.21. The molecule has 0 bridgehead atoms. The molecule has 0 nitrogen and oxygen atoms in total. The lowest BCUT2D eigenvalue weighted by atomic mass is 9.94. The van der Waals surface area contributed by atoms with Gasteiger partial charge in [0.2, 0.25) is 0 Å². The van der Waals surface area contributed by atoms with Crippen LogP contribution in [0.3, 0.4) is 0 Å². The second-order valence-electron chi connectivity index (χ2n) is 4.91. The molecule has 2 rings (SSSR count). The van der Waals surface area contributed by atoms with Gasteiger partial charge in [-0.25, -0.2) is 0 Å². The van der Waals surface area contributed by atoms with Crippen LogP contribution in [0.25, 0.3) is 11.1 Å². The third kappa shape index (κ3) is 3.01.